The van der Waals surface area contributed by atoms with E-state index in [2.05, 4.69) is 37.3 Å². The smallest absolute Gasteiger partial charge is 0.236 e. The molecule has 8 heteroatoms. The van der Waals surface area contributed by atoms with Crippen LogP contribution in [0.5, 0.6) is 0 Å². The van der Waals surface area contributed by atoms with Gasteiger partial charge in [0.15, 0.2) is 9.47 Å². The summed E-state index contributed by atoms with van der Waals surface area (Å²) in [5, 5.41) is 5.53. The van der Waals surface area contributed by atoms with Crippen LogP contribution in [0.1, 0.15) is 5.56 Å². The zero-order valence-corrected chi connectivity index (χ0v) is 18.3. The molecule has 4 rings (SSSR count). The molecule has 0 spiro atoms. The fourth-order valence-corrected chi connectivity index (χ4v) is 5.32. The van der Waals surface area contributed by atoms with Crippen molar-refractivity contribution in [1.82, 2.24) is 9.97 Å². The number of carbonyl (C=O) groups is 1. The molecule has 0 radical (unpaired) electrons. The molecule has 0 aliphatic heterocycles. The molecule has 136 valence electrons. The first-order valence-electron chi connectivity index (χ1n) is 8.08. The highest BCUT2D eigenvalue weighted by Gasteiger charge is 2.11. The number of anilines is 1. The molecule has 0 saturated carbocycles. The number of thiazole rings is 2. The van der Waals surface area contributed by atoms with Crippen molar-refractivity contribution in [3.63, 3.8) is 0 Å². The fourth-order valence-electron chi connectivity index (χ4n) is 2.44. The Morgan fingerprint density at radius 3 is 2.81 bits per heavy atom. The summed E-state index contributed by atoms with van der Waals surface area (Å²) in [5.41, 5.74) is 4.09. The van der Waals surface area contributed by atoms with Crippen LogP contribution in [0.3, 0.4) is 0 Å². The lowest BCUT2D eigenvalue weighted by atomic mass is 10.2. The van der Waals surface area contributed by atoms with E-state index in [4.69, 9.17) is 0 Å². The van der Waals surface area contributed by atoms with Crippen molar-refractivity contribution < 1.29 is 4.79 Å². The molecule has 0 bridgehead atoms. The SMILES string of the molecule is Cc1ccc2nc(NC(=O)CSc3nc(-c4ccc(Br)cc4)cs3)sc2c1. The van der Waals surface area contributed by atoms with Gasteiger partial charge < -0.3 is 5.32 Å². The van der Waals surface area contributed by atoms with E-state index in [0.29, 0.717) is 10.9 Å². The lowest BCUT2D eigenvalue weighted by Crippen LogP contribution is -2.13. The van der Waals surface area contributed by atoms with Crippen molar-refractivity contribution in [2.45, 2.75) is 11.3 Å². The number of amides is 1. The molecule has 2 heterocycles. The van der Waals surface area contributed by atoms with E-state index in [1.807, 2.05) is 48.7 Å². The summed E-state index contributed by atoms with van der Waals surface area (Å²) in [5.74, 6) is 0.235. The summed E-state index contributed by atoms with van der Waals surface area (Å²) in [6.07, 6.45) is 0. The van der Waals surface area contributed by atoms with Gasteiger partial charge in [0.25, 0.3) is 0 Å². The van der Waals surface area contributed by atoms with Crippen LogP contribution in [-0.4, -0.2) is 21.6 Å². The second-order valence-corrected chi connectivity index (χ2v) is 9.86. The number of aryl methyl sites for hydroxylation is 1. The Bertz CT molecular complexity index is 1110. The van der Waals surface area contributed by atoms with Crippen molar-refractivity contribution in [3.8, 4) is 11.3 Å². The normalized spacial score (nSPS) is 11.0. The van der Waals surface area contributed by atoms with Gasteiger partial charge in [-0.05, 0) is 36.8 Å². The Hall–Kier alpha value is -1.74. The summed E-state index contributed by atoms with van der Waals surface area (Å²) in [7, 11) is 0. The maximum atomic E-state index is 12.3. The Labute approximate surface area is 177 Å². The number of halogens is 1. The molecule has 27 heavy (non-hydrogen) atoms. The molecule has 2 aromatic heterocycles. The summed E-state index contributed by atoms with van der Waals surface area (Å²) in [6.45, 7) is 2.05. The van der Waals surface area contributed by atoms with Crippen molar-refractivity contribution >= 4 is 71.6 Å². The van der Waals surface area contributed by atoms with Crippen LogP contribution >= 0.6 is 50.4 Å². The molecule has 2 aromatic carbocycles. The van der Waals surface area contributed by atoms with Crippen molar-refractivity contribution in [2.24, 2.45) is 0 Å². The van der Waals surface area contributed by atoms with Gasteiger partial charge in [0.1, 0.15) is 0 Å². The number of rotatable bonds is 5. The number of hydrogen-bond donors (Lipinski definition) is 1. The minimum atomic E-state index is -0.0730. The summed E-state index contributed by atoms with van der Waals surface area (Å²) >= 11 is 7.92. The molecule has 0 unspecified atom stereocenters. The number of aromatic nitrogens is 2. The average molecular weight is 476 g/mol. The van der Waals surface area contributed by atoms with Gasteiger partial charge in [-0.1, -0.05) is 57.2 Å². The van der Waals surface area contributed by atoms with Crippen molar-refractivity contribution in [1.29, 1.82) is 0 Å². The highest BCUT2D eigenvalue weighted by atomic mass is 79.9. The van der Waals surface area contributed by atoms with E-state index in [9.17, 15) is 4.79 Å². The third kappa shape index (κ3) is 4.57. The first kappa shape index (κ1) is 18.6. The number of thioether (sulfide) groups is 1. The Kier molecular flexibility index (Phi) is 5.58. The van der Waals surface area contributed by atoms with Gasteiger partial charge in [-0.2, -0.15) is 0 Å². The third-order valence-electron chi connectivity index (χ3n) is 3.74. The topological polar surface area (TPSA) is 54.9 Å². The molecule has 1 amide bonds. The molecule has 0 aliphatic carbocycles. The lowest BCUT2D eigenvalue weighted by molar-refractivity contribution is -0.113. The van der Waals surface area contributed by atoms with Gasteiger partial charge in [-0.3, -0.25) is 4.79 Å². The molecule has 0 saturated heterocycles. The first-order chi connectivity index (χ1) is 13.1. The second-order valence-electron chi connectivity index (χ2n) is 5.83. The molecule has 1 N–H and O–H groups in total. The van der Waals surface area contributed by atoms with Crippen molar-refractivity contribution in [2.75, 3.05) is 11.1 Å². The Morgan fingerprint density at radius 2 is 2.00 bits per heavy atom. The van der Waals surface area contributed by atoms with Crippen LogP contribution in [0.2, 0.25) is 0 Å². The van der Waals surface area contributed by atoms with Crippen LogP contribution < -0.4 is 5.32 Å². The molecule has 0 atom stereocenters. The van der Waals surface area contributed by atoms with Crippen LogP contribution in [0.4, 0.5) is 5.13 Å². The zero-order valence-electron chi connectivity index (χ0n) is 14.2. The van der Waals surface area contributed by atoms with Crippen LogP contribution in [0, 0.1) is 6.92 Å². The number of benzene rings is 2. The van der Waals surface area contributed by atoms with E-state index >= 15 is 0 Å². The van der Waals surface area contributed by atoms with Crippen LogP contribution in [0.15, 0.2) is 56.7 Å². The van der Waals surface area contributed by atoms with Gasteiger partial charge in [0.2, 0.25) is 5.91 Å². The van der Waals surface area contributed by atoms with E-state index in [1.165, 1.54) is 28.7 Å². The van der Waals surface area contributed by atoms with E-state index in [0.717, 1.165) is 30.3 Å². The minimum Gasteiger partial charge on any atom is -0.301 e. The first-order valence-corrected chi connectivity index (χ1v) is 11.6. The fraction of sp³-hybridized carbons (Fsp3) is 0.105. The van der Waals surface area contributed by atoms with E-state index in [-0.39, 0.29) is 5.91 Å². The highest BCUT2D eigenvalue weighted by Crippen LogP contribution is 2.30. The molecule has 4 aromatic rings. The highest BCUT2D eigenvalue weighted by molar-refractivity contribution is 9.10. The van der Waals surface area contributed by atoms with Gasteiger partial charge in [0.05, 0.1) is 21.7 Å². The monoisotopic (exact) mass is 475 g/mol. The van der Waals surface area contributed by atoms with E-state index in [1.54, 1.807) is 11.3 Å². The third-order valence-corrected chi connectivity index (χ3v) is 7.22. The minimum absolute atomic E-state index is 0.0730. The predicted molar refractivity (Wildman–Crippen MR) is 119 cm³/mol. The van der Waals surface area contributed by atoms with Gasteiger partial charge >= 0.3 is 0 Å². The lowest BCUT2D eigenvalue weighted by Gasteiger charge is -1.99. The van der Waals surface area contributed by atoms with Gasteiger partial charge in [0, 0.05) is 15.4 Å². The largest absolute Gasteiger partial charge is 0.301 e. The number of fused-ring (bicyclic) bond motifs is 1. The molecular weight excluding hydrogens is 462 g/mol. The molecule has 0 fully saturated rings. The average Bonchev–Trinajstić information content (AvgIpc) is 3.26. The Morgan fingerprint density at radius 1 is 1.19 bits per heavy atom. The molecular formula is C19H14BrN3OS3. The number of nitrogens with one attached hydrogen (secondary N) is 1. The number of nitrogens with zero attached hydrogens (tertiary/aromatic N) is 2. The summed E-state index contributed by atoms with van der Waals surface area (Å²) < 4.78 is 3.00. The van der Waals surface area contributed by atoms with E-state index < -0.39 is 0 Å². The predicted octanol–water partition coefficient (Wildman–Crippen LogP) is 6.22. The molecule has 0 aliphatic rings. The standard InChI is InChI=1S/C19H14BrN3OS3/c1-11-2-7-14-16(8-11)27-18(21-14)23-17(24)10-26-19-22-15(9-25-19)12-3-5-13(20)6-4-12/h2-9H,10H2,1H3,(H,21,23,24). The maximum absolute atomic E-state index is 12.3. The Balaban J connectivity index is 1.36. The number of carbonyl (C=O) groups excluding carboxylic acids is 1. The zero-order chi connectivity index (χ0) is 18.8. The molecule has 4 nitrogen and oxygen atoms in total. The number of hydrogen-bond acceptors (Lipinski definition) is 6. The quantitative estimate of drug-likeness (QED) is 0.348. The van der Waals surface area contributed by atoms with Gasteiger partial charge in [-0.25, -0.2) is 9.97 Å². The van der Waals surface area contributed by atoms with Crippen LogP contribution in [0.25, 0.3) is 21.5 Å². The van der Waals surface area contributed by atoms with Crippen LogP contribution in [-0.2, 0) is 4.79 Å². The summed E-state index contributed by atoms with van der Waals surface area (Å²) in [6, 6.07) is 14.1. The van der Waals surface area contributed by atoms with Gasteiger partial charge in [-0.15, -0.1) is 11.3 Å². The second kappa shape index (κ2) is 8.10. The maximum Gasteiger partial charge on any atom is 0.236 e. The summed E-state index contributed by atoms with van der Waals surface area (Å²) in [4.78, 5) is 21.3. The van der Waals surface area contributed by atoms with Crippen molar-refractivity contribution in [3.05, 3.63) is 57.9 Å².